The van der Waals surface area contributed by atoms with Gasteiger partial charge in [0.05, 0.1) is 24.5 Å². The van der Waals surface area contributed by atoms with Crippen molar-refractivity contribution >= 4 is 35.8 Å². The van der Waals surface area contributed by atoms with Crippen LogP contribution in [0.3, 0.4) is 0 Å². The van der Waals surface area contributed by atoms with Crippen molar-refractivity contribution < 1.29 is 48.5 Å². The summed E-state index contributed by atoms with van der Waals surface area (Å²) in [6.45, 7) is 18.7. The highest BCUT2D eigenvalue weighted by atomic mass is 16.6. The molecule has 4 aromatic carbocycles. The van der Waals surface area contributed by atoms with E-state index in [1.54, 1.807) is 100 Å². The second kappa shape index (κ2) is 23.6. The zero-order valence-corrected chi connectivity index (χ0v) is 46.3. The lowest BCUT2D eigenvalue weighted by Gasteiger charge is -2.38. The third-order valence-corrected chi connectivity index (χ3v) is 14.0. The molecule has 7 N–H and O–H groups in total. The topological polar surface area (TPSA) is 262 Å². The maximum atomic E-state index is 14.8. The molecule has 0 aliphatic carbocycles. The van der Waals surface area contributed by atoms with Gasteiger partial charge in [0.2, 0.25) is 23.6 Å². The Hall–Kier alpha value is -8.22. The molecule has 6 amide bonds. The van der Waals surface area contributed by atoms with E-state index in [4.69, 9.17) is 9.47 Å². The predicted octanol–water partition coefficient (Wildman–Crippen LogP) is 6.13. The van der Waals surface area contributed by atoms with Gasteiger partial charge in [-0.3, -0.25) is 24.0 Å². The molecule has 0 bridgehead atoms. The van der Waals surface area contributed by atoms with Gasteiger partial charge in [0.1, 0.15) is 52.6 Å². The van der Waals surface area contributed by atoms with Gasteiger partial charge in [0.25, 0.3) is 5.56 Å². The van der Waals surface area contributed by atoms with E-state index in [-0.39, 0.29) is 74.7 Å². The lowest BCUT2D eigenvalue weighted by atomic mass is 9.91. The molecule has 0 spiro atoms. The number of nitrogens with zero attached hydrogens (tertiary/aromatic N) is 3. The first-order valence-electron chi connectivity index (χ1n) is 26.1. The van der Waals surface area contributed by atoms with Crippen molar-refractivity contribution in [1.82, 2.24) is 41.0 Å². The van der Waals surface area contributed by atoms with Gasteiger partial charge < -0.3 is 55.7 Å². The highest BCUT2D eigenvalue weighted by Gasteiger charge is 2.41. The molecule has 0 radical (unpaired) electrons. The Morgan fingerprint density at radius 2 is 0.987 bits per heavy atom. The lowest BCUT2D eigenvalue weighted by molar-refractivity contribution is -0.143. The van der Waals surface area contributed by atoms with Crippen LogP contribution in [-0.2, 0) is 80.5 Å². The number of carbonyl (C=O) groups is 6. The second-order valence-corrected chi connectivity index (χ2v) is 22.3. The van der Waals surface area contributed by atoms with Crippen LogP contribution >= 0.6 is 0 Å². The molecule has 5 aromatic rings. The Labute approximate surface area is 454 Å². The first-order chi connectivity index (χ1) is 36.6. The molecule has 3 heterocycles. The van der Waals surface area contributed by atoms with Crippen molar-refractivity contribution in [1.29, 1.82) is 0 Å². The van der Waals surface area contributed by atoms with Crippen molar-refractivity contribution in [2.24, 2.45) is 0 Å². The second-order valence-electron chi connectivity index (χ2n) is 22.3. The van der Waals surface area contributed by atoms with Crippen molar-refractivity contribution in [3.63, 3.8) is 0 Å². The molecular formula is C59H72N8O11. The van der Waals surface area contributed by atoms with Crippen LogP contribution in [0.4, 0.5) is 9.59 Å². The number of fused-ring (bicyclic) bond motifs is 2. The minimum absolute atomic E-state index is 0.0314. The number of aromatic amines is 1. The van der Waals surface area contributed by atoms with Gasteiger partial charge in [-0.25, -0.2) is 14.6 Å². The summed E-state index contributed by atoms with van der Waals surface area (Å²) in [5.74, 6) is -2.03. The molecule has 0 saturated carbocycles. The normalized spacial score (nSPS) is 15.9. The van der Waals surface area contributed by atoms with Crippen LogP contribution < -0.4 is 26.8 Å². The van der Waals surface area contributed by atoms with Crippen LogP contribution in [0.15, 0.2) is 77.6 Å². The molecule has 0 saturated heterocycles. The van der Waals surface area contributed by atoms with E-state index in [9.17, 15) is 43.8 Å². The molecule has 2 aliphatic heterocycles. The van der Waals surface area contributed by atoms with Gasteiger partial charge in [-0.15, -0.1) is 0 Å². The molecule has 1 aromatic heterocycles. The number of aryl methyl sites for hydroxylation is 5. The number of ether oxygens (including phenoxy) is 2. The fourth-order valence-corrected chi connectivity index (χ4v) is 10.2. The van der Waals surface area contributed by atoms with Crippen LogP contribution in [-0.4, -0.2) is 101 Å². The number of H-pyrrole nitrogens is 1. The number of nitrogens with one attached hydrogen (secondary N) is 5. The number of benzene rings is 4. The third kappa shape index (κ3) is 14.2. The smallest absolute Gasteiger partial charge is 0.408 e. The van der Waals surface area contributed by atoms with E-state index in [1.165, 1.54) is 9.80 Å². The van der Waals surface area contributed by atoms with E-state index in [2.05, 4.69) is 31.2 Å². The zero-order chi connectivity index (χ0) is 57.0. The summed E-state index contributed by atoms with van der Waals surface area (Å²) in [6, 6.07) is 16.8. The minimum Gasteiger partial charge on any atom is -0.508 e. The minimum atomic E-state index is -1.18. The molecule has 7 rings (SSSR count). The summed E-state index contributed by atoms with van der Waals surface area (Å²) < 4.78 is 11.1. The molecular weight excluding hydrogens is 997 g/mol. The van der Waals surface area contributed by atoms with Gasteiger partial charge in [-0.1, -0.05) is 48.5 Å². The Kier molecular flexibility index (Phi) is 17.4. The zero-order valence-electron chi connectivity index (χ0n) is 46.3. The quantitative estimate of drug-likeness (QED) is 0.0662. The van der Waals surface area contributed by atoms with E-state index in [0.717, 1.165) is 33.4 Å². The van der Waals surface area contributed by atoms with Crippen LogP contribution in [0.5, 0.6) is 11.5 Å². The van der Waals surface area contributed by atoms with E-state index in [0.29, 0.717) is 27.9 Å². The summed E-state index contributed by atoms with van der Waals surface area (Å²) in [5.41, 5.74) is 5.89. The summed E-state index contributed by atoms with van der Waals surface area (Å²) >= 11 is 0. The monoisotopic (exact) mass is 1070 g/mol. The molecule has 2 aliphatic rings. The van der Waals surface area contributed by atoms with Crippen molar-refractivity contribution in [2.75, 3.05) is 0 Å². The molecule has 414 valence electrons. The molecule has 19 nitrogen and oxygen atoms in total. The standard InChI is InChI=1S/C59H72N8O11/c1-32-20-41(68)21-33(2)43(32)26-45(64-56(75)77-58(6,7)8)54(73)66-30-39-18-14-12-16-37(39)24-49(66)52(71)60-28-47-36(5)62-48(51(70)63-47)29-61-53(72)50-25-38-17-13-15-19-40(38)31-67(50)55(74)46(65-57(76)78-59(9,10)11)27-44-34(3)22-42(69)23-35(44)4/h12-23,45-46,49-50,68-69H,24-31H2,1-11H3,(H,60,71)(H,61,72)(H,63,70)(H,64,75)(H,65,76)/t45-,46-,49-,50-/m0/s1. The number of phenolic OH excluding ortho intramolecular Hbond substituents is 2. The Morgan fingerprint density at radius 3 is 1.37 bits per heavy atom. The maximum absolute atomic E-state index is 14.8. The predicted molar refractivity (Wildman–Crippen MR) is 291 cm³/mol. The Balaban J connectivity index is 1.08. The number of aromatic nitrogens is 2. The summed E-state index contributed by atoms with van der Waals surface area (Å²) in [7, 11) is 0. The lowest BCUT2D eigenvalue weighted by Crippen LogP contribution is -2.58. The van der Waals surface area contributed by atoms with Crippen LogP contribution in [0, 0.1) is 34.6 Å². The fourth-order valence-electron chi connectivity index (χ4n) is 10.2. The number of hydrogen-bond donors (Lipinski definition) is 7. The molecule has 0 unspecified atom stereocenters. The van der Waals surface area contributed by atoms with Gasteiger partial charge in [-0.05, 0) is 156 Å². The van der Waals surface area contributed by atoms with Crippen molar-refractivity contribution in [3.8, 4) is 11.5 Å². The van der Waals surface area contributed by atoms with E-state index < -0.39 is 76.7 Å². The molecule has 4 atom stereocenters. The van der Waals surface area contributed by atoms with Gasteiger partial charge in [0, 0.05) is 38.8 Å². The van der Waals surface area contributed by atoms with Crippen molar-refractivity contribution in [2.45, 2.75) is 163 Å². The first kappa shape index (κ1) is 57.5. The third-order valence-electron chi connectivity index (χ3n) is 14.0. The number of aromatic hydroxyl groups is 2. The van der Waals surface area contributed by atoms with E-state index >= 15 is 0 Å². The van der Waals surface area contributed by atoms with Crippen molar-refractivity contribution in [3.05, 3.63) is 156 Å². The Morgan fingerprint density at radius 1 is 0.615 bits per heavy atom. The Bertz CT molecular complexity index is 3150. The van der Waals surface area contributed by atoms with Gasteiger partial charge in [-0.2, -0.15) is 0 Å². The van der Waals surface area contributed by atoms with Crippen LogP contribution in [0.1, 0.15) is 114 Å². The largest absolute Gasteiger partial charge is 0.508 e. The van der Waals surface area contributed by atoms with Crippen LogP contribution in [0.2, 0.25) is 0 Å². The van der Waals surface area contributed by atoms with Gasteiger partial charge in [0.15, 0.2) is 0 Å². The number of phenols is 2. The van der Waals surface area contributed by atoms with Crippen LogP contribution in [0.25, 0.3) is 0 Å². The number of carbonyl (C=O) groups excluding carboxylic acids is 6. The highest BCUT2D eigenvalue weighted by molar-refractivity contribution is 5.93. The summed E-state index contributed by atoms with van der Waals surface area (Å²) in [5, 5.41) is 31.8. The highest BCUT2D eigenvalue weighted by Crippen LogP contribution is 2.30. The average Bonchev–Trinajstić information content (AvgIpc) is 3.35. The fraction of sp³-hybridized carbons (Fsp3) is 0.424. The molecule has 19 heteroatoms. The number of hydrogen-bond acceptors (Lipinski definition) is 12. The number of alkyl carbamates (subject to hydrolysis) is 2. The summed E-state index contributed by atoms with van der Waals surface area (Å²) in [6.07, 6.45) is -1.26. The van der Waals surface area contributed by atoms with Gasteiger partial charge >= 0.3 is 12.2 Å². The first-order valence-corrected chi connectivity index (χ1v) is 26.1. The number of amides is 6. The average molecular weight is 1070 g/mol. The molecule has 78 heavy (non-hydrogen) atoms. The van der Waals surface area contributed by atoms with E-state index in [1.807, 2.05) is 48.5 Å². The SMILES string of the molecule is Cc1cc(O)cc(C)c1C[C@H](NC(=O)OC(C)(C)C)C(=O)N1Cc2ccccc2C[C@H]1C(=O)NCc1[nH]c(=O)c(CNC(=O)[C@@H]2Cc3ccccc3CN2C(=O)[C@H](Cc2c(C)cc(O)cc2C)NC(=O)OC(C)(C)C)nc1C. The summed E-state index contributed by atoms with van der Waals surface area (Å²) in [4.78, 5) is 109. The maximum Gasteiger partial charge on any atom is 0.408 e. The number of rotatable bonds is 14. The molecule has 0 fully saturated rings.